The molecule has 2 aliphatic rings. The van der Waals surface area contributed by atoms with E-state index in [1.807, 2.05) is 0 Å². The number of halogens is 4. The number of anilines is 1. The number of unbranched alkanes of at least 4 members (excludes halogenated alkanes) is 4. The summed E-state index contributed by atoms with van der Waals surface area (Å²) in [6.45, 7) is 2.29. The van der Waals surface area contributed by atoms with Crippen molar-refractivity contribution in [1.82, 2.24) is 10.2 Å². The van der Waals surface area contributed by atoms with Gasteiger partial charge in [0.1, 0.15) is 11.9 Å². The third-order valence-corrected chi connectivity index (χ3v) is 6.47. The normalized spacial score (nSPS) is 22.3. The molecule has 3 atom stereocenters. The van der Waals surface area contributed by atoms with E-state index in [-0.39, 0.29) is 24.2 Å². The van der Waals surface area contributed by atoms with Gasteiger partial charge in [-0.15, -0.1) is 0 Å². The molecule has 9 heteroatoms. The molecule has 0 spiro atoms. The lowest BCUT2D eigenvalue weighted by Gasteiger charge is -2.24. The van der Waals surface area contributed by atoms with Gasteiger partial charge < -0.3 is 15.5 Å². The number of likely N-dealkylation sites (tertiary alicyclic amines) is 1. The zero-order chi connectivity index (χ0) is 24.0. The molecule has 2 fully saturated rings. The third kappa shape index (κ3) is 7.33. The molecule has 33 heavy (non-hydrogen) atoms. The first-order chi connectivity index (χ1) is 15.7. The highest BCUT2D eigenvalue weighted by Gasteiger charge is 2.41. The van der Waals surface area contributed by atoms with E-state index < -0.39 is 29.5 Å². The van der Waals surface area contributed by atoms with E-state index in [0.717, 1.165) is 25.0 Å². The Balaban J connectivity index is 1.46. The summed E-state index contributed by atoms with van der Waals surface area (Å²) >= 11 is 0. The molecular weight excluding hydrogens is 438 g/mol. The first-order valence-corrected chi connectivity index (χ1v) is 11.9. The summed E-state index contributed by atoms with van der Waals surface area (Å²) in [5.41, 5.74) is -1.25. The molecule has 1 saturated carbocycles. The molecule has 0 aromatic heterocycles. The molecule has 1 aliphatic heterocycles. The van der Waals surface area contributed by atoms with Gasteiger partial charge in [-0.1, -0.05) is 39.0 Å². The fourth-order valence-corrected chi connectivity index (χ4v) is 4.50. The van der Waals surface area contributed by atoms with Crippen molar-refractivity contribution in [2.75, 3.05) is 18.4 Å². The topological polar surface area (TPSA) is 61.4 Å². The Labute approximate surface area is 192 Å². The minimum atomic E-state index is -4.68. The molecule has 1 aromatic rings. The number of nitrogens with one attached hydrogen (secondary N) is 2. The number of benzene rings is 1. The van der Waals surface area contributed by atoms with Crippen molar-refractivity contribution in [3.63, 3.8) is 0 Å². The Morgan fingerprint density at radius 1 is 1.12 bits per heavy atom. The van der Waals surface area contributed by atoms with Crippen LogP contribution in [-0.4, -0.2) is 41.9 Å². The first kappa shape index (κ1) is 25.3. The van der Waals surface area contributed by atoms with Gasteiger partial charge in [0.05, 0.1) is 12.1 Å². The molecule has 2 N–H and O–H groups in total. The number of rotatable bonds is 11. The number of hydrogen-bond acceptors (Lipinski definition) is 3. The van der Waals surface area contributed by atoms with E-state index in [4.69, 9.17) is 0 Å². The lowest BCUT2D eigenvalue weighted by atomic mass is 10.1. The molecule has 0 radical (unpaired) electrons. The number of amides is 2. The van der Waals surface area contributed by atoms with Crippen LogP contribution < -0.4 is 10.6 Å². The summed E-state index contributed by atoms with van der Waals surface area (Å²) < 4.78 is 52.2. The Morgan fingerprint density at radius 3 is 2.61 bits per heavy atom. The molecule has 1 aliphatic carbocycles. The first-order valence-electron chi connectivity index (χ1n) is 11.9. The van der Waals surface area contributed by atoms with Gasteiger partial charge in [0.25, 0.3) is 0 Å². The van der Waals surface area contributed by atoms with Gasteiger partial charge in [0.15, 0.2) is 0 Å². The van der Waals surface area contributed by atoms with Crippen molar-refractivity contribution in [3.8, 4) is 0 Å². The molecule has 2 amide bonds. The van der Waals surface area contributed by atoms with Crippen LogP contribution in [0, 0.1) is 11.7 Å². The number of carbonyl (C=O) groups excluding carboxylic acids is 2. The van der Waals surface area contributed by atoms with Crippen LogP contribution >= 0.6 is 0 Å². The standard InChI is InChI=1S/C24H33F4N3O2/c1-2-3-4-5-6-8-16-11-20(16)30-23(33)21-9-7-10-31(21)22(32)15-29-19-13-17(24(26,27)28)12-18(25)14-19/h12-14,16,20-21,29H,2-11,15H2,1H3,(H,30,33)/t16-,20-,21+/m1/s1. The van der Waals surface area contributed by atoms with E-state index in [9.17, 15) is 27.2 Å². The molecular formula is C24H33F4N3O2. The van der Waals surface area contributed by atoms with E-state index in [1.54, 1.807) is 0 Å². The minimum absolute atomic E-state index is 0.129. The Hall–Kier alpha value is -2.32. The molecule has 3 rings (SSSR count). The van der Waals surface area contributed by atoms with Gasteiger partial charge in [-0.2, -0.15) is 13.2 Å². The van der Waals surface area contributed by atoms with Gasteiger partial charge in [-0.25, -0.2) is 4.39 Å². The second-order valence-corrected chi connectivity index (χ2v) is 9.14. The summed E-state index contributed by atoms with van der Waals surface area (Å²) in [5.74, 6) is -1.08. The highest BCUT2D eigenvalue weighted by molar-refractivity contribution is 5.90. The van der Waals surface area contributed by atoms with Gasteiger partial charge in [0.2, 0.25) is 11.8 Å². The van der Waals surface area contributed by atoms with E-state index in [1.165, 1.54) is 37.0 Å². The quantitative estimate of drug-likeness (QED) is 0.348. The average Bonchev–Trinajstić information content (AvgIpc) is 3.29. The maximum Gasteiger partial charge on any atom is 0.416 e. The lowest BCUT2D eigenvalue weighted by Crippen LogP contribution is -2.48. The Kier molecular flexibility index (Phi) is 8.59. The number of carbonyl (C=O) groups is 2. The molecule has 1 aromatic carbocycles. The molecule has 1 saturated heterocycles. The zero-order valence-corrected chi connectivity index (χ0v) is 19.0. The molecule has 1 heterocycles. The van der Waals surface area contributed by atoms with Crippen LogP contribution in [0.1, 0.15) is 70.3 Å². The highest BCUT2D eigenvalue weighted by atomic mass is 19.4. The van der Waals surface area contributed by atoms with E-state index in [2.05, 4.69) is 17.6 Å². The highest BCUT2D eigenvalue weighted by Crippen LogP contribution is 2.36. The largest absolute Gasteiger partial charge is 0.416 e. The van der Waals surface area contributed by atoms with Crippen LogP contribution in [0.4, 0.5) is 23.2 Å². The van der Waals surface area contributed by atoms with Crippen LogP contribution in [-0.2, 0) is 15.8 Å². The molecule has 5 nitrogen and oxygen atoms in total. The fraction of sp³-hybridized carbons (Fsp3) is 0.667. The van der Waals surface area contributed by atoms with Crippen molar-refractivity contribution >= 4 is 17.5 Å². The zero-order valence-electron chi connectivity index (χ0n) is 19.0. The van der Waals surface area contributed by atoms with Crippen molar-refractivity contribution < 1.29 is 27.2 Å². The Bertz CT molecular complexity index is 830. The van der Waals surface area contributed by atoms with E-state index in [0.29, 0.717) is 31.4 Å². The average molecular weight is 472 g/mol. The number of nitrogens with zero attached hydrogens (tertiary/aromatic N) is 1. The maximum absolute atomic E-state index is 13.6. The predicted molar refractivity (Wildman–Crippen MR) is 118 cm³/mol. The van der Waals surface area contributed by atoms with Gasteiger partial charge >= 0.3 is 6.18 Å². The lowest BCUT2D eigenvalue weighted by molar-refractivity contribution is -0.137. The van der Waals surface area contributed by atoms with Crippen LogP contribution in [0.15, 0.2) is 18.2 Å². The van der Waals surface area contributed by atoms with Gasteiger partial charge in [-0.3, -0.25) is 9.59 Å². The summed E-state index contributed by atoms with van der Waals surface area (Å²) in [6, 6.07) is 1.69. The SMILES string of the molecule is CCCCCCC[C@@H]1C[C@H]1NC(=O)[C@@H]1CCCN1C(=O)CNc1cc(F)cc(C(F)(F)F)c1. The van der Waals surface area contributed by atoms with Crippen molar-refractivity contribution in [3.05, 3.63) is 29.6 Å². The van der Waals surface area contributed by atoms with E-state index >= 15 is 0 Å². The summed E-state index contributed by atoms with van der Waals surface area (Å²) in [4.78, 5) is 26.9. The maximum atomic E-state index is 13.6. The van der Waals surface area contributed by atoms with Crippen molar-refractivity contribution in [1.29, 1.82) is 0 Å². The van der Waals surface area contributed by atoms with Gasteiger partial charge in [0, 0.05) is 18.3 Å². The smallest absolute Gasteiger partial charge is 0.376 e. The summed E-state index contributed by atoms with van der Waals surface area (Å²) in [6.07, 6.45) is 4.77. The number of alkyl halides is 3. The second-order valence-electron chi connectivity index (χ2n) is 9.14. The summed E-state index contributed by atoms with van der Waals surface area (Å²) in [7, 11) is 0. The van der Waals surface area contributed by atoms with Crippen molar-refractivity contribution in [2.45, 2.75) is 83.0 Å². The van der Waals surface area contributed by atoms with Crippen LogP contribution in [0.5, 0.6) is 0 Å². The second kappa shape index (κ2) is 11.2. The van der Waals surface area contributed by atoms with Crippen LogP contribution in [0.2, 0.25) is 0 Å². The summed E-state index contributed by atoms with van der Waals surface area (Å²) in [5, 5.41) is 5.63. The predicted octanol–water partition coefficient (Wildman–Crippen LogP) is 5.11. The van der Waals surface area contributed by atoms with Crippen molar-refractivity contribution in [2.24, 2.45) is 5.92 Å². The minimum Gasteiger partial charge on any atom is -0.376 e. The fourth-order valence-electron chi connectivity index (χ4n) is 4.50. The number of hydrogen-bond donors (Lipinski definition) is 2. The third-order valence-electron chi connectivity index (χ3n) is 6.47. The molecule has 184 valence electrons. The van der Waals surface area contributed by atoms with Crippen LogP contribution in [0.25, 0.3) is 0 Å². The van der Waals surface area contributed by atoms with Gasteiger partial charge in [-0.05, 0) is 49.8 Å². The Morgan fingerprint density at radius 2 is 1.88 bits per heavy atom. The van der Waals surface area contributed by atoms with Crippen LogP contribution in [0.3, 0.4) is 0 Å². The molecule has 0 bridgehead atoms. The molecule has 0 unspecified atom stereocenters. The monoisotopic (exact) mass is 471 g/mol.